The van der Waals surface area contributed by atoms with E-state index in [-0.39, 0.29) is 0 Å². The SMILES string of the molecule is CCCNCCc1nnc(CCC2CCCCO2)o1. The van der Waals surface area contributed by atoms with Crippen LogP contribution in [0.25, 0.3) is 0 Å². The van der Waals surface area contributed by atoms with Crippen molar-refractivity contribution in [2.75, 3.05) is 19.7 Å². The van der Waals surface area contributed by atoms with Crippen molar-refractivity contribution in [1.29, 1.82) is 0 Å². The van der Waals surface area contributed by atoms with E-state index in [1.54, 1.807) is 0 Å². The smallest absolute Gasteiger partial charge is 0.217 e. The van der Waals surface area contributed by atoms with E-state index >= 15 is 0 Å². The number of aromatic nitrogens is 2. The zero-order valence-electron chi connectivity index (χ0n) is 11.9. The molecule has 108 valence electrons. The molecule has 1 atom stereocenters. The van der Waals surface area contributed by atoms with Gasteiger partial charge in [0, 0.05) is 26.0 Å². The maximum Gasteiger partial charge on any atom is 0.217 e. The van der Waals surface area contributed by atoms with Crippen molar-refractivity contribution >= 4 is 0 Å². The molecule has 5 nitrogen and oxygen atoms in total. The fraction of sp³-hybridized carbons (Fsp3) is 0.857. The Morgan fingerprint density at radius 2 is 2.00 bits per heavy atom. The molecule has 1 unspecified atom stereocenters. The van der Waals surface area contributed by atoms with Crippen LogP contribution in [0.15, 0.2) is 4.42 Å². The van der Waals surface area contributed by atoms with Crippen molar-refractivity contribution in [3.05, 3.63) is 11.8 Å². The summed E-state index contributed by atoms with van der Waals surface area (Å²) >= 11 is 0. The number of hydrogen-bond acceptors (Lipinski definition) is 5. The molecule has 1 aliphatic heterocycles. The molecule has 2 heterocycles. The third kappa shape index (κ3) is 5.28. The highest BCUT2D eigenvalue weighted by Crippen LogP contribution is 2.17. The third-order valence-corrected chi connectivity index (χ3v) is 3.41. The number of ether oxygens (including phenoxy) is 1. The lowest BCUT2D eigenvalue weighted by atomic mass is 10.0. The summed E-state index contributed by atoms with van der Waals surface area (Å²) in [4.78, 5) is 0. The van der Waals surface area contributed by atoms with Gasteiger partial charge in [0.25, 0.3) is 0 Å². The molecule has 0 spiro atoms. The highest BCUT2D eigenvalue weighted by atomic mass is 16.5. The van der Waals surface area contributed by atoms with Crippen LogP contribution < -0.4 is 5.32 Å². The molecule has 1 N–H and O–H groups in total. The second-order valence-corrected chi connectivity index (χ2v) is 5.12. The maximum atomic E-state index is 5.70. The third-order valence-electron chi connectivity index (χ3n) is 3.41. The van der Waals surface area contributed by atoms with Crippen LogP contribution in [-0.2, 0) is 17.6 Å². The normalized spacial score (nSPS) is 19.7. The van der Waals surface area contributed by atoms with Crippen molar-refractivity contribution in [2.24, 2.45) is 0 Å². The van der Waals surface area contributed by atoms with Gasteiger partial charge in [-0.25, -0.2) is 0 Å². The molecular formula is C14H25N3O2. The summed E-state index contributed by atoms with van der Waals surface area (Å²) in [7, 11) is 0. The van der Waals surface area contributed by atoms with Crippen LogP contribution in [-0.4, -0.2) is 36.0 Å². The zero-order chi connectivity index (χ0) is 13.3. The van der Waals surface area contributed by atoms with Crippen molar-refractivity contribution in [3.8, 4) is 0 Å². The van der Waals surface area contributed by atoms with Crippen LogP contribution in [0.1, 0.15) is 50.8 Å². The van der Waals surface area contributed by atoms with Crippen molar-refractivity contribution < 1.29 is 9.15 Å². The Morgan fingerprint density at radius 1 is 1.16 bits per heavy atom. The number of nitrogens with zero attached hydrogens (tertiary/aromatic N) is 2. The van der Waals surface area contributed by atoms with Crippen LogP contribution in [0.3, 0.4) is 0 Å². The molecule has 0 radical (unpaired) electrons. The number of hydrogen-bond donors (Lipinski definition) is 1. The van der Waals surface area contributed by atoms with Crippen LogP contribution in [0.4, 0.5) is 0 Å². The average Bonchev–Trinajstić information content (AvgIpc) is 2.91. The minimum absolute atomic E-state index is 0.385. The van der Waals surface area contributed by atoms with E-state index in [1.807, 2.05) is 0 Å². The quantitative estimate of drug-likeness (QED) is 0.731. The average molecular weight is 267 g/mol. The van der Waals surface area contributed by atoms with E-state index in [2.05, 4.69) is 22.4 Å². The van der Waals surface area contributed by atoms with Gasteiger partial charge in [0.1, 0.15) is 0 Å². The minimum atomic E-state index is 0.385. The first-order valence-corrected chi connectivity index (χ1v) is 7.52. The fourth-order valence-corrected chi connectivity index (χ4v) is 2.31. The Kier molecular flexibility index (Phi) is 6.30. The van der Waals surface area contributed by atoms with Gasteiger partial charge in [0.15, 0.2) is 0 Å². The van der Waals surface area contributed by atoms with E-state index in [0.29, 0.717) is 6.10 Å². The lowest BCUT2D eigenvalue weighted by Crippen LogP contribution is -2.19. The highest BCUT2D eigenvalue weighted by Gasteiger charge is 2.15. The van der Waals surface area contributed by atoms with E-state index < -0.39 is 0 Å². The first kappa shape index (κ1) is 14.5. The van der Waals surface area contributed by atoms with Crippen molar-refractivity contribution in [2.45, 2.75) is 58.0 Å². The molecule has 19 heavy (non-hydrogen) atoms. The number of aryl methyl sites for hydroxylation is 1. The molecule has 0 saturated carbocycles. The summed E-state index contributed by atoms with van der Waals surface area (Å²) in [5.41, 5.74) is 0. The molecule has 1 aromatic rings. The summed E-state index contributed by atoms with van der Waals surface area (Å²) in [5.74, 6) is 1.49. The maximum absolute atomic E-state index is 5.70. The molecule has 0 bridgehead atoms. The predicted octanol–water partition coefficient (Wildman–Crippen LogP) is 2.11. The molecule has 5 heteroatoms. The lowest BCUT2D eigenvalue weighted by molar-refractivity contribution is 0.0105. The van der Waals surface area contributed by atoms with Crippen LogP contribution in [0.5, 0.6) is 0 Å². The summed E-state index contributed by atoms with van der Waals surface area (Å²) in [6, 6.07) is 0. The molecule has 1 saturated heterocycles. The molecule has 0 aliphatic carbocycles. The highest BCUT2D eigenvalue weighted by molar-refractivity contribution is 4.84. The van der Waals surface area contributed by atoms with Gasteiger partial charge < -0.3 is 14.5 Å². The molecule has 1 aromatic heterocycles. The second kappa shape index (κ2) is 8.27. The van der Waals surface area contributed by atoms with Crippen LogP contribution >= 0.6 is 0 Å². The lowest BCUT2D eigenvalue weighted by Gasteiger charge is -2.21. The summed E-state index contributed by atoms with van der Waals surface area (Å²) in [6.45, 7) is 5.01. The molecule has 1 aliphatic rings. The second-order valence-electron chi connectivity index (χ2n) is 5.12. The Morgan fingerprint density at radius 3 is 2.74 bits per heavy atom. The van der Waals surface area contributed by atoms with Gasteiger partial charge in [0.2, 0.25) is 11.8 Å². The summed E-state index contributed by atoms with van der Waals surface area (Å²) in [6.07, 6.45) is 7.82. The molecule has 0 aromatic carbocycles. The van der Waals surface area contributed by atoms with Gasteiger partial charge in [-0.2, -0.15) is 0 Å². The van der Waals surface area contributed by atoms with E-state index in [9.17, 15) is 0 Å². The van der Waals surface area contributed by atoms with Crippen molar-refractivity contribution in [1.82, 2.24) is 15.5 Å². The first-order valence-electron chi connectivity index (χ1n) is 7.52. The van der Waals surface area contributed by atoms with E-state index in [0.717, 1.165) is 57.2 Å². The Hall–Kier alpha value is -0.940. The molecular weight excluding hydrogens is 242 g/mol. The number of rotatable bonds is 8. The van der Waals surface area contributed by atoms with Gasteiger partial charge in [0.05, 0.1) is 6.10 Å². The standard InChI is InChI=1S/C14H25N3O2/c1-2-9-15-10-8-14-17-16-13(19-14)7-6-12-5-3-4-11-18-12/h12,15H,2-11H2,1H3. The zero-order valence-corrected chi connectivity index (χ0v) is 11.9. The monoisotopic (exact) mass is 267 g/mol. The van der Waals surface area contributed by atoms with Gasteiger partial charge in [-0.3, -0.25) is 0 Å². The van der Waals surface area contributed by atoms with E-state index in [4.69, 9.17) is 9.15 Å². The van der Waals surface area contributed by atoms with Gasteiger partial charge in [-0.15, -0.1) is 10.2 Å². The van der Waals surface area contributed by atoms with Crippen molar-refractivity contribution in [3.63, 3.8) is 0 Å². The predicted molar refractivity (Wildman–Crippen MR) is 73.1 cm³/mol. The van der Waals surface area contributed by atoms with Gasteiger partial charge in [-0.05, 0) is 38.6 Å². The van der Waals surface area contributed by atoms with Crippen LogP contribution in [0, 0.1) is 0 Å². The van der Waals surface area contributed by atoms with E-state index in [1.165, 1.54) is 19.3 Å². The molecule has 0 amide bonds. The number of nitrogens with one attached hydrogen (secondary N) is 1. The molecule has 2 rings (SSSR count). The Labute approximate surface area is 115 Å². The first-order chi connectivity index (χ1) is 9.38. The molecule has 1 fully saturated rings. The van der Waals surface area contributed by atoms with Gasteiger partial charge in [-0.1, -0.05) is 6.92 Å². The van der Waals surface area contributed by atoms with Gasteiger partial charge >= 0.3 is 0 Å². The van der Waals surface area contributed by atoms with Crippen LogP contribution in [0.2, 0.25) is 0 Å². The summed E-state index contributed by atoms with van der Waals surface area (Å²) < 4.78 is 11.3. The Balaban J connectivity index is 1.65. The topological polar surface area (TPSA) is 60.2 Å². The summed E-state index contributed by atoms with van der Waals surface area (Å²) in [5, 5.41) is 11.5. The largest absolute Gasteiger partial charge is 0.425 e. The minimum Gasteiger partial charge on any atom is -0.425 e. The fourth-order valence-electron chi connectivity index (χ4n) is 2.31. The Bertz CT molecular complexity index is 348.